The molecule has 4 atom stereocenters. The molecule has 0 aromatic carbocycles. The first-order valence-corrected chi connectivity index (χ1v) is 8.68. The van der Waals surface area contributed by atoms with Crippen LogP contribution in [0.2, 0.25) is 0 Å². The molecule has 0 saturated heterocycles. The molecular formula is C16H29N5O7. The first kappa shape index (κ1) is 25.3. The van der Waals surface area contributed by atoms with Crippen molar-refractivity contribution in [2.24, 2.45) is 17.4 Å². The van der Waals surface area contributed by atoms with Crippen molar-refractivity contribution in [1.29, 1.82) is 0 Å². The van der Waals surface area contributed by atoms with Crippen molar-refractivity contribution >= 4 is 29.6 Å². The highest BCUT2D eigenvalue weighted by Crippen LogP contribution is 2.07. The number of carbonyl (C=O) groups excluding carboxylic acids is 4. The van der Waals surface area contributed by atoms with Crippen LogP contribution in [0.5, 0.6) is 0 Å². The Morgan fingerprint density at radius 3 is 1.86 bits per heavy atom. The smallest absolute Gasteiger partial charge is 0.328 e. The zero-order valence-electron chi connectivity index (χ0n) is 16.1. The summed E-state index contributed by atoms with van der Waals surface area (Å²) in [5.41, 5.74) is 10.3. The largest absolute Gasteiger partial charge is 0.480 e. The minimum Gasteiger partial charge on any atom is -0.480 e. The van der Waals surface area contributed by atoms with Gasteiger partial charge in [-0.1, -0.05) is 13.8 Å². The third-order valence-corrected chi connectivity index (χ3v) is 3.63. The number of carboxylic acid groups (broad SMARTS) is 1. The number of aliphatic hydroxyl groups excluding tert-OH is 1. The number of aliphatic carboxylic acids is 1. The first-order chi connectivity index (χ1) is 12.9. The maximum atomic E-state index is 12.5. The standard InChI is InChI=1S/C16H29N5O7/c1-7(2)4-9(15(26)21-13(8(3)22)16(27)28)20-14(25)10(5-11(18)23)19-12(24)6-17/h7-10,13,22H,4-6,17H2,1-3H3,(H2,18,23)(H,19,24)(H,20,25)(H,21,26)(H,27,28). The molecule has 9 N–H and O–H groups in total. The van der Waals surface area contributed by atoms with Crippen LogP contribution in [0, 0.1) is 5.92 Å². The van der Waals surface area contributed by atoms with Gasteiger partial charge in [0, 0.05) is 0 Å². The number of rotatable bonds is 12. The van der Waals surface area contributed by atoms with Crippen molar-refractivity contribution in [1.82, 2.24) is 16.0 Å². The fourth-order valence-electron chi connectivity index (χ4n) is 2.28. The van der Waals surface area contributed by atoms with Crippen LogP contribution in [-0.4, -0.2) is 70.6 Å². The van der Waals surface area contributed by atoms with E-state index in [1.54, 1.807) is 13.8 Å². The summed E-state index contributed by atoms with van der Waals surface area (Å²) in [4.78, 5) is 58.7. The van der Waals surface area contributed by atoms with Crippen LogP contribution in [0.4, 0.5) is 0 Å². The summed E-state index contributed by atoms with van der Waals surface area (Å²) in [6.45, 7) is 4.31. The average molecular weight is 403 g/mol. The quantitative estimate of drug-likeness (QED) is 0.175. The fraction of sp³-hybridized carbons (Fsp3) is 0.688. The molecule has 4 unspecified atom stereocenters. The van der Waals surface area contributed by atoms with Gasteiger partial charge in [0.1, 0.15) is 12.1 Å². The number of aliphatic hydroxyl groups is 1. The number of primary amides is 1. The summed E-state index contributed by atoms with van der Waals surface area (Å²) >= 11 is 0. The zero-order chi connectivity index (χ0) is 22.0. The molecule has 0 heterocycles. The second-order valence-corrected chi connectivity index (χ2v) is 6.75. The summed E-state index contributed by atoms with van der Waals surface area (Å²) in [7, 11) is 0. The number of nitrogens with one attached hydrogen (secondary N) is 3. The van der Waals surface area contributed by atoms with E-state index in [9.17, 15) is 29.1 Å². The number of nitrogens with two attached hydrogens (primary N) is 2. The van der Waals surface area contributed by atoms with Crippen LogP contribution in [-0.2, 0) is 24.0 Å². The van der Waals surface area contributed by atoms with E-state index in [1.165, 1.54) is 6.92 Å². The van der Waals surface area contributed by atoms with Crippen molar-refractivity contribution < 1.29 is 34.2 Å². The van der Waals surface area contributed by atoms with E-state index in [0.29, 0.717) is 0 Å². The molecular weight excluding hydrogens is 374 g/mol. The predicted molar refractivity (Wildman–Crippen MR) is 97.4 cm³/mol. The van der Waals surface area contributed by atoms with E-state index < -0.39 is 66.8 Å². The Kier molecular flexibility index (Phi) is 10.7. The Morgan fingerprint density at radius 1 is 0.929 bits per heavy atom. The lowest BCUT2D eigenvalue weighted by molar-refractivity contribution is -0.145. The zero-order valence-corrected chi connectivity index (χ0v) is 16.1. The Morgan fingerprint density at radius 2 is 1.46 bits per heavy atom. The molecule has 0 aromatic rings. The summed E-state index contributed by atoms with van der Waals surface area (Å²) in [5.74, 6) is -4.77. The molecule has 12 heteroatoms. The number of hydrogen-bond donors (Lipinski definition) is 7. The summed E-state index contributed by atoms with van der Waals surface area (Å²) in [5, 5.41) is 25.3. The van der Waals surface area contributed by atoms with Crippen LogP contribution in [0.25, 0.3) is 0 Å². The molecule has 4 amide bonds. The van der Waals surface area contributed by atoms with Crippen LogP contribution < -0.4 is 27.4 Å². The second kappa shape index (κ2) is 11.9. The van der Waals surface area contributed by atoms with Crippen molar-refractivity contribution in [2.75, 3.05) is 6.54 Å². The maximum Gasteiger partial charge on any atom is 0.328 e. The van der Waals surface area contributed by atoms with Crippen LogP contribution in [0.1, 0.15) is 33.6 Å². The van der Waals surface area contributed by atoms with Gasteiger partial charge in [0.15, 0.2) is 6.04 Å². The molecule has 0 aromatic heterocycles. The number of carbonyl (C=O) groups is 5. The summed E-state index contributed by atoms with van der Waals surface area (Å²) in [6, 6.07) is -4.08. The van der Waals surface area contributed by atoms with Gasteiger partial charge < -0.3 is 37.6 Å². The summed E-state index contributed by atoms with van der Waals surface area (Å²) < 4.78 is 0. The van der Waals surface area contributed by atoms with Crippen molar-refractivity contribution in [2.45, 2.75) is 57.8 Å². The van der Waals surface area contributed by atoms with Crippen LogP contribution >= 0.6 is 0 Å². The first-order valence-electron chi connectivity index (χ1n) is 8.68. The number of hydrogen-bond acceptors (Lipinski definition) is 7. The molecule has 0 rings (SSSR count). The van der Waals surface area contributed by atoms with E-state index in [0.717, 1.165) is 0 Å². The summed E-state index contributed by atoms with van der Waals surface area (Å²) in [6.07, 6.45) is -1.75. The van der Waals surface area contributed by atoms with Crippen molar-refractivity contribution in [3.05, 3.63) is 0 Å². The van der Waals surface area contributed by atoms with Gasteiger partial charge in [-0.3, -0.25) is 19.2 Å². The van der Waals surface area contributed by atoms with Crippen LogP contribution in [0.15, 0.2) is 0 Å². The molecule has 0 aliphatic rings. The highest BCUT2D eigenvalue weighted by molar-refractivity contribution is 5.95. The molecule has 28 heavy (non-hydrogen) atoms. The Balaban J connectivity index is 5.38. The second-order valence-electron chi connectivity index (χ2n) is 6.75. The molecule has 0 aliphatic heterocycles. The minimum absolute atomic E-state index is 0.0703. The van der Waals surface area contributed by atoms with Gasteiger partial charge in [0.25, 0.3) is 0 Å². The van der Waals surface area contributed by atoms with E-state index in [2.05, 4.69) is 16.0 Å². The lowest BCUT2D eigenvalue weighted by Crippen LogP contribution is -2.58. The number of carboxylic acids is 1. The highest BCUT2D eigenvalue weighted by atomic mass is 16.4. The minimum atomic E-state index is -1.57. The Bertz CT molecular complexity index is 594. The van der Waals surface area contributed by atoms with Gasteiger partial charge >= 0.3 is 5.97 Å². The molecule has 0 fully saturated rings. The van der Waals surface area contributed by atoms with Crippen LogP contribution in [0.3, 0.4) is 0 Å². The van der Waals surface area contributed by atoms with Gasteiger partial charge in [0.2, 0.25) is 23.6 Å². The molecule has 0 saturated carbocycles. The number of amides is 4. The normalized spacial score (nSPS) is 15.1. The van der Waals surface area contributed by atoms with Gasteiger partial charge in [-0.15, -0.1) is 0 Å². The van der Waals surface area contributed by atoms with Gasteiger partial charge in [-0.05, 0) is 19.3 Å². The molecule has 0 bridgehead atoms. The SMILES string of the molecule is CC(C)CC(NC(=O)C(CC(N)=O)NC(=O)CN)C(=O)NC(C(=O)O)C(C)O. The Hall–Kier alpha value is -2.73. The molecule has 0 radical (unpaired) electrons. The van der Waals surface area contributed by atoms with E-state index in [1.807, 2.05) is 0 Å². The van der Waals surface area contributed by atoms with E-state index in [4.69, 9.17) is 16.6 Å². The lowest BCUT2D eigenvalue weighted by atomic mass is 10.0. The van der Waals surface area contributed by atoms with Gasteiger partial charge in [-0.2, -0.15) is 0 Å². The topological polar surface area (TPSA) is 214 Å². The molecule has 0 spiro atoms. The third-order valence-electron chi connectivity index (χ3n) is 3.63. The maximum absolute atomic E-state index is 12.5. The van der Waals surface area contributed by atoms with Gasteiger partial charge in [-0.25, -0.2) is 4.79 Å². The predicted octanol–water partition coefficient (Wildman–Crippen LogP) is -3.21. The molecule has 160 valence electrons. The third kappa shape index (κ3) is 9.28. The van der Waals surface area contributed by atoms with E-state index in [-0.39, 0.29) is 12.3 Å². The highest BCUT2D eigenvalue weighted by Gasteiger charge is 2.32. The Labute approximate surface area is 162 Å². The fourth-order valence-corrected chi connectivity index (χ4v) is 2.28. The average Bonchev–Trinajstić information content (AvgIpc) is 2.56. The van der Waals surface area contributed by atoms with Crippen molar-refractivity contribution in [3.8, 4) is 0 Å². The van der Waals surface area contributed by atoms with Gasteiger partial charge in [0.05, 0.1) is 19.1 Å². The molecule has 0 aliphatic carbocycles. The monoisotopic (exact) mass is 403 g/mol. The van der Waals surface area contributed by atoms with E-state index >= 15 is 0 Å². The van der Waals surface area contributed by atoms with Crippen molar-refractivity contribution in [3.63, 3.8) is 0 Å². The molecule has 12 nitrogen and oxygen atoms in total. The lowest BCUT2D eigenvalue weighted by Gasteiger charge is -2.25.